The van der Waals surface area contributed by atoms with Crippen LogP contribution in [0.1, 0.15) is 0 Å². The van der Waals surface area contributed by atoms with E-state index in [0.717, 1.165) is 16.4 Å². The largest absolute Gasteiger partial charge is 0.492 e. The molecule has 0 N–H and O–H groups in total. The van der Waals surface area contributed by atoms with Crippen molar-refractivity contribution in [3.63, 3.8) is 0 Å². The van der Waals surface area contributed by atoms with Crippen molar-refractivity contribution in [2.24, 2.45) is 0 Å². The van der Waals surface area contributed by atoms with Gasteiger partial charge in [-0.05, 0) is 36.4 Å². The van der Waals surface area contributed by atoms with Gasteiger partial charge in [-0.1, -0.05) is 0 Å². The van der Waals surface area contributed by atoms with Gasteiger partial charge in [0.1, 0.15) is 34.7 Å². The van der Waals surface area contributed by atoms with Gasteiger partial charge in [0, 0.05) is 19.7 Å². The molecule has 0 aliphatic heterocycles. The third kappa shape index (κ3) is 4.23. The standard InChI is InChI=1S/C15H14F3NO3S/c1-19(8-9-22-13-5-2-11(16)3-6-13)23(20,21)15-7-4-12(17)10-14(15)18/h2-7,10H,8-9H2,1H3. The second-order valence-electron chi connectivity index (χ2n) is 4.70. The average Bonchev–Trinajstić information content (AvgIpc) is 2.48. The topological polar surface area (TPSA) is 46.6 Å². The molecule has 0 aromatic heterocycles. The highest BCUT2D eigenvalue weighted by Gasteiger charge is 2.24. The van der Waals surface area contributed by atoms with Crippen LogP contribution in [0.15, 0.2) is 47.4 Å². The van der Waals surface area contributed by atoms with Crippen LogP contribution in [0.4, 0.5) is 13.2 Å². The maximum absolute atomic E-state index is 13.6. The van der Waals surface area contributed by atoms with Crippen LogP contribution in [-0.2, 0) is 10.0 Å². The zero-order valence-corrected chi connectivity index (χ0v) is 13.0. The van der Waals surface area contributed by atoms with E-state index in [9.17, 15) is 21.6 Å². The minimum atomic E-state index is -4.10. The van der Waals surface area contributed by atoms with Crippen LogP contribution in [0.3, 0.4) is 0 Å². The van der Waals surface area contributed by atoms with Crippen molar-refractivity contribution >= 4 is 10.0 Å². The summed E-state index contributed by atoms with van der Waals surface area (Å²) in [6, 6.07) is 7.49. The van der Waals surface area contributed by atoms with Crippen molar-refractivity contribution in [2.45, 2.75) is 4.90 Å². The van der Waals surface area contributed by atoms with E-state index in [0.29, 0.717) is 11.8 Å². The molecule has 0 aliphatic rings. The number of halogens is 3. The number of hydrogen-bond acceptors (Lipinski definition) is 3. The fourth-order valence-corrected chi connectivity index (χ4v) is 2.99. The molecule has 0 atom stereocenters. The summed E-state index contributed by atoms with van der Waals surface area (Å²) in [5.74, 6) is -2.05. The van der Waals surface area contributed by atoms with Crippen LogP contribution in [-0.4, -0.2) is 32.9 Å². The van der Waals surface area contributed by atoms with Crippen molar-refractivity contribution in [3.8, 4) is 5.75 Å². The predicted octanol–water partition coefficient (Wildman–Crippen LogP) is 2.80. The summed E-state index contributed by atoms with van der Waals surface area (Å²) in [5, 5.41) is 0. The summed E-state index contributed by atoms with van der Waals surface area (Å²) in [7, 11) is -2.84. The maximum Gasteiger partial charge on any atom is 0.245 e. The minimum Gasteiger partial charge on any atom is -0.492 e. The first kappa shape index (κ1) is 17.3. The molecule has 2 aromatic carbocycles. The Morgan fingerprint density at radius 3 is 2.22 bits per heavy atom. The van der Waals surface area contributed by atoms with Crippen LogP contribution in [0, 0.1) is 17.5 Å². The number of hydrogen-bond donors (Lipinski definition) is 0. The van der Waals surface area contributed by atoms with Crippen molar-refractivity contribution in [3.05, 3.63) is 59.9 Å². The fraction of sp³-hybridized carbons (Fsp3) is 0.200. The van der Waals surface area contributed by atoms with Gasteiger partial charge in [-0.15, -0.1) is 0 Å². The van der Waals surface area contributed by atoms with Crippen LogP contribution in [0.2, 0.25) is 0 Å². The lowest BCUT2D eigenvalue weighted by molar-refractivity contribution is 0.286. The number of rotatable bonds is 6. The number of likely N-dealkylation sites (N-methyl/N-ethyl adjacent to an activating group) is 1. The molecule has 0 saturated heterocycles. The van der Waals surface area contributed by atoms with Crippen LogP contribution < -0.4 is 4.74 Å². The Morgan fingerprint density at radius 1 is 1.00 bits per heavy atom. The maximum atomic E-state index is 13.6. The molecule has 0 radical (unpaired) electrons. The van der Waals surface area contributed by atoms with Crippen LogP contribution >= 0.6 is 0 Å². The van der Waals surface area contributed by atoms with Crippen molar-refractivity contribution in [1.29, 1.82) is 0 Å². The zero-order chi connectivity index (χ0) is 17.0. The molecule has 124 valence electrons. The van der Waals surface area contributed by atoms with E-state index in [1.807, 2.05) is 0 Å². The SMILES string of the molecule is CN(CCOc1ccc(F)cc1)S(=O)(=O)c1ccc(F)cc1F. The average molecular weight is 345 g/mol. The first-order chi connectivity index (χ1) is 10.8. The van der Waals surface area contributed by atoms with Crippen LogP contribution in [0.25, 0.3) is 0 Å². The highest BCUT2D eigenvalue weighted by molar-refractivity contribution is 7.89. The quantitative estimate of drug-likeness (QED) is 0.809. The van der Waals surface area contributed by atoms with Gasteiger partial charge in [-0.2, -0.15) is 4.31 Å². The first-order valence-electron chi connectivity index (χ1n) is 6.60. The van der Waals surface area contributed by atoms with Gasteiger partial charge in [0.05, 0.1) is 0 Å². The summed E-state index contributed by atoms with van der Waals surface area (Å²) in [5.41, 5.74) is 0. The van der Waals surface area contributed by atoms with Gasteiger partial charge in [0.2, 0.25) is 10.0 Å². The second kappa shape index (κ2) is 7.01. The number of nitrogens with zero attached hydrogens (tertiary/aromatic N) is 1. The molecule has 4 nitrogen and oxygen atoms in total. The zero-order valence-electron chi connectivity index (χ0n) is 12.2. The van der Waals surface area contributed by atoms with E-state index in [1.54, 1.807) is 0 Å². The molecule has 0 spiro atoms. The predicted molar refractivity (Wildman–Crippen MR) is 78.1 cm³/mol. The fourth-order valence-electron chi connectivity index (χ4n) is 1.80. The van der Waals surface area contributed by atoms with Crippen LogP contribution in [0.5, 0.6) is 5.75 Å². The Morgan fingerprint density at radius 2 is 1.61 bits per heavy atom. The molecule has 0 saturated carbocycles. The van der Waals surface area contributed by atoms with Gasteiger partial charge in [0.15, 0.2) is 0 Å². The van der Waals surface area contributed by atoms with Crippen molar-refractivity contribution in [1.82, 2.24) is 4.31 Å². The highest BCUT2D eigenvalue weighted by atomic mass is 32.2. The van der Waals surface area contributed by atoms with Gasteiger partial charge in [-0.25, -0.2) is 21.6 Å². The lowest BCUT2D eigenvalue weighted by atomic mass is 10.3. The minimum absolute atomic E-state index is 0.00975. The molecule has 0 aliphatic carbocycles. The molecule has 8 heteroatoms. The second-order valence-corrected chi connectivity index (χ2v) is 6.72. The summed E-state index contributed by atoms with van der Waals surface area (Å²) in [6.07, 6.45) is 0. The Bertz CT molecular complexity index is 779. The molecular weight excluding hydrogens is 331 g/mol. The third-order valence-electron chi connectivity index (χ3n) is 3.07. The van der Waals surface area contributed by atoms with E-state index in [1.165, 1.54) is 31.3 Å². The molecule has 0 unspecified atom stereocenters. The summed E-state index contributed by atoms with van der Waals surface area (Å²) in [4.78, 5) is -0.608. The summed E-state index contributed by atoms with van der Waals surface area (Å²) < 4.78 is 69.8. The Hall–Kier alpha value is -2.06. The van der Waals surface area contributed by atoms with E-state index in [-0.39, 0.29) is 13.2 Å². The Balaban J connectivity index is 2.01. The summed E-state index contributed by atoms with van der Waals surface area (Å²) >= 11 is 0. The number of benzene rings is 2. The van der Waals surface area contributed by atoms with Gasteiger partial charge in [0.25, 0.3) is 0 Å². The molecule has 0 bridgehead atoms. The Kier molecular flexibility index (Phi) is 5.27. The summed E-state index contributed by atoms with van der Waals surface area (Å²) in [6.45, 7) is -0.0687. The van der Waals surface area contributed by atoms with E-state index in [4.69, 9.17) is 4.74 Å². The smallest absolute Gasteiger partial charge is 0.245 e. The molecule has 23 heavy (non-hydrogen) atoms. The molecular formula is C15H14F3NO3S. The highest BCUT2D eigenvalue weighted by Crippen LogP contribution is 2.19. The first-order valence-corrected chi connectivity index (χ1v) is 8.04. The third-order valence-corrected chi connectivity index (χ3v) is 4.96. The molecule has 0 amide bonds. The van der Waals surface area contributed by atoms with Crippen molar-refractivity contribution in [2.75, 3.05) is 20.2 Å². The molecule has 0 fully saturated rings. The lowest BCUT2D eigenvalue weighted by Crippen LogP contribution is -2.31. The molecule has 0 heterocycles. The Labute approximate surface area is 132 Å². The van der Waals surface area contributed by atoms with E-state index >= 15 is 0 Å². The van der Waals surface area contributed by atoms with Gasteiger partial charge in [-0.3, -0.25) is 0 Å². The monoisotopic (exact) mass is 345 g/mol. The van der Waals surface area contributed by atoms with Gasteiger partial charge < -0.3 is 4.74 Å². The normalized spacial score (nSPS) is 11.7. The van der Waals surface area contributed by atoms with E-state index in [2.05, 4.69) is 0 Å². The lowest BCUT2D eigenvalue weighted by Gasteiger charge is -2.18. The number of sulfonamides is 1. The number of ether oxygens (including phenoxy) is 1. The van der Waals surface area contributed by atoms with E-state index < -0.39 is 32.4 Å². The molecule has 2 aromatic rings. The van der Waals surface area contributed by atoms with Gasteiger partial charge >= 0.3 is 0 Å². The molecule has 2 rings (SSSR count). The van der Waals surface area contributed by atoms with Crippen molar-refractivity contribution < 1.29 is 26.3 Å².